The van der Waals surface area contributed by atoms with E-state index in [0.717, 1.165) is 17.9 Å². The van der Waals surface area contributed by atoms with Gasteiger partial charge >= 0.3 is 5.97 Å². The summed E-state index contributed by atoms with van der Waals surface area (Å²) in [6.45, 7) is 3.80. The second-order valence-electron chi connectivity index (χ2n) is 5.24. The number of rotatable bonds is 7. The summed E-state index contributed by atoms with van der Waals surface area (Å²) in [7, 11) is 0. The summed E-state index contributed by atoms with van der Waals surface area (Å²) in [5.41, 5.74) is -0.861. The van der Waals surface area contributed by atoms with Crippen LogP contribution in [0.5, 0.6) is 0 Å². The van der Waals surface area contributed by atoms with Crippen LogP contribution in [0, 0.1) is 0 Å². The first-order valence-corrected chi connectivity index (χ1v) is 7.31. The largest absolute Gasteiger partial charge is 0.480 e. The number of aromatic nitrogens is 2. The average molecular weight is 281 g/mol. The van der Waals surface area contributed by atoms with Crippen LogP contribution in [0.15, 0.2) is 23.6 Å². The molecule has 2 rings (SSSR count). The molecule has 6 heteroatoms. The Morgan fingerprint density at radius 1 is 1.68 bits per heavy atom. The number of hydrogen-bond acceptors (Lipinski definition) is 5. The number of carboxylic acid groups (broad SMARTS) is 1. The predicted molar refractivity (Wildman–Crippen MR) is 74.2 cm³/mol. The molecule has 0 spiro atoms. The molecule has 2 N–H and O–H groups in total. The average Bonchev–Trinajstić information content (AvgIpc) is 3.13. The van der Waals surface area contributed by atoms with E-state index < -0.39 is 11.5 Å². The van der Waals surface area contributed by atoms with Gasteiger partial charge in [0.15, 0.2) is 0 Å². The van der Waals surface area contributed by atoms with Crippen LogP contribution >= 0.6 is 11.8 Å². The molecule has 5 nitrogen and oxygen atoms in total. The van der Waals surface area contributed by atoms with E-state index in [1.54, 1.807) is 24.9 Å². The molecule has 1 heterocycles. The number of nitrogens with one attached hydrogen (secondary N) is 1. The van der Waals surface area contributed by atoms with Crippen LogP contribution in [0.3, 0.4) is 0 Å². The normalized spacial score (nSPS) is 19.7. The summed E-state index contributed by atoms with van der Waals surface area (Å²) in [5, 5.41) is 13.7. The first kappa shape index (κ1) is 14.3. The summed E-state index contributed by atoms with van der Waals surface area (Å²) in [6, 6.07) is 2.21. The number of hydrogen-bond donors (Lipinski definition) is 2. The number of nitrogens with zero attached hydrogens (tertiary/aromatic N) is 2. The highest BCUT2D eigenvalue weighted by atomic mass is 32.2. The van der Waals surface area contributed by atoms with Crippen LogP contribution in [-0.4, -0.2) is 37.9 Å². The number of thioether (sulfide) groups is 1. The molecule has 0 aliphatic heterocycles. The Labute approximate surface area is 117 Å². The Balaban J connectivity index is 1.94. The van der Waals surface area contributed by atoms with Crippen molar-refractivity contribution in [2.75, 3.05) is 0 Å². The Bertz CT molecular complexity index is 439. The molecule has 104 valence electrons. The van der Waals surface area contributed by atoms with Gasteiger partial charge in [-0.05, 0) is 32.3 Å². The van der Waals surface area contributed by atoms with Crippen LogP contribution < -0.4 is 5.32 Å². The minimum Gasteiger partial charge on any atom is -0.480 e. The second-order valence-corrected chi connectivity index (χ2v) is 6.69. The maximum absolute atomic E-state index is 11.5. The van der Waals surface area contributed by atoms with Crippen LogP contribution in [0.25, 0.3) is 0 Å². The van der Waals surface area contributed by atoms with Gasteiger partial charge in [-0.1, -0.05) is 6.92 Å². The third-order valence-electron chi connectivity index (χ3n) is 3.14. The molecule has 0 radical (unpaired) electrons. The van der Waals surface area contributed by atoms with Crippen molar-refractivity contribution >= 4 is 17.7 Å². The van der Waals surface area contributed by atoms with Crippen molar-refractivity contribution in [1.82, 2.24) is 15.3 Å². The van der Waals surface area contributed by atoms with Gasteiger partial charge in [-0.15, -0.1) is 11.8 Å². The minimum absolute atomic E-state index is 0.169. The first-order chi connectivity index (χ1) is 8.99. The van der Waals surface area contributed by atoms with Crippen LogP contribution in [0.1, 0.15) is 33.1 Å². The topological polar surface area (TPSA) is 75.1 Å². The monoisotopic (exact) mass is 281 g/mol. The van der Waals surface area contributed by atoms with E-state index in [1.807, 2.05) is 13.0 Å². The number of carboxylic acids is 1. The van der Waals surface area contributed by atoms with Crippen LogP contribution in [0.4, 0.5) is 0 Å². The molecular formula is C13H19N3O2S. The molecule has 1 aliphatic carbocycles. The lowest BCUT2D eigenvalue weighted by molar-refractivity contribution is -0.144. The molecule has 1 aliphatic rings. The van der Waals surface area contributed by atoms with Crippen molar-refractivity contribution in [3.63, 3.8) is 0 Å². The van der Waals surface area contributed by atoms with Gasteiger partial charge in [-0.2, -0.15) is 0 Å². The SMILES string of the molecule is CC(CC(C)(NC1CC1)C(=O)O)Sc1ccncn1. The van der Waals surface area contributed by atoms with Gasteiger partial charge in [0.05, 0.1) is 5.03 Å². The van der Waals surface area contributed by atoms with E-state index >= 15 is 0 Å². The fraction of sp³-hybridized carbons (Fsp3) is 0.615. The zero-order valence-electron chi connectivity index (χ0n) is 11.2. The summed E-state index contributed by atoms with van der Waals surface area (Å²) >= 11 is 1.58. The summed E-state index contributed by atoms with van der Waals surface area (Å²) < 4.78 is 0. The second kappa shape index (κ2) is 5.88. The van der Waals surface area contributed by atoms with E-state index in [0.29, 0.717) is 12.5 Å². The van der Waals surface area contributed by atoms with Crippen LogP contribution in [-0.2, 0) is 4.79 Å². The predicted octanol–water partition coefficient (Wildman–Crippen LogP) is 1.94. The molecule has 0 amide bonds. The summed E-state index contributed by atoms with van der Waals surface area (Å²) in [5.74, 6) is -0.783. The molecular weight excluding hydrogens is 262 g/mol. The van der Waals surface area contributed by atoms with Crippen molar-refractivity contribution in [2.45, 2.75) is 55.0 Å². The maximum Gasteiger partial charge on any atom is 0.323 e. The highest BCUT2D eigenvalue weighted by Gasteiger charge is 2.39. The lowest BCUT2D eigenvalue weighted by Gasteiger charge is -2.29. The fourth-order valence-electron chi connectivity index (χ4n) is 2.06. The molecule has 2 atom stereocenters. The minimum atomic E-state index is -0.861. The van der Waals surface area contributed by atoms with E-state index in [4.69, 9.17) is 0 Å². The molecule has 1 aromatic heterocycles. The van der Waals surface area contributed by atoms with Crippen molar-refractivity contribution in [3.05, 3.63) is 18.6 Å². The Morgan fingerprint density at radius 3 is 2.95 bits per heavy atom. The molecule has 19 heavy (non-hydrogen) atoms. The van der Waals surface area contributed by atoms with Gasteiger partial charge in [-0.25, -0.2) is 9.97 Å². The van der Waals surface area contributed by atoms with Gasteiger partial charge in [-0.3, -0.25) is 10.1 Å². The quantitative estimate of drug-likeness (QED) is 0.587. The molecule has 0 aromatic carbocycles. The highest BCUT2D eigenvalue weighted by Crippen LogP contribution is 2.30. The lowest BCUT2D eigenvalue weighted by Crippen LogP contribution is -2.51. The van der Waals surface area contributed by atoms with Gasteiger partial charge in [0.1, 0.15) is 11.9 Å². The van der Waals surface area contributed by atoms with E-state index in [2.05, 4.69) is 15.3 Å². The summed E-state index contributed by atoms with van der Waals surface area (Å²) in [6.07, 6.45) is 5.93. The smallest absolute Gasteiger partial charge is 0.323 e. The third kappa shape index (κ3) is 4.18. The molecule has 0 bridgehead atoms. The first-order valence-electron chi connectivity index (χ1n) is 6.43. The third-order valence-corrected chi connectivity index (χ3v) is 4.20. The van der Waals surface area contributed by atoms with Crippen molar-refractivity contribution in [3.8, 4) is 0 Å². The fourth-order valence-corrected chi connectivity index (χ4v) is 3.13. The van der Waals surface area contributed by atoms with Crippen LogP contribution in [0.2, 0.25) is 0 Å². The molecule has 0 saturated heterocycles. The van der Waals surface area contributed by atoms with Crippen molar-refractivity contribution in [2.24, 2.45) is 0 Å². The van der Waals surface area contributed by atoms with Crippen molar-refractivity contribution in [1.29, 1.82) is 0 Å². The number of carbonyl (C=O) groups is 1. The van der Waals surface area contributed by atoms with Gasteiger partial charge in [0, 0.05) is 17.5 Å². The van der Waals surface area contributed by atoms with E-state index in [9.17, 15) is 9.90 Å². The maximum atomic E-state index is 11.5. The lowest BCUT2D eigenvalue weighted by atomic mass is 9.96. The molecule has 2 unspecified atom stereocenters. The number of aliphatic carboxylic acids is 1. The Hall–Kier alpha value is -1.14. The van der Waals surface area contributed by atoms with E-state index in [-0.39, 0.29) is 5.25 Å². The van der Waals surface area contributed by atoms with Gasteiger partial charge in [0.25, 0.3) is 0 Å². The zero-order chi connectivity index (χ0) is 13.9. The van der Waals surface area contributed by atoms with Gasteiger partial charge < -0.3 is 5.11 Å². The van der Waals surface area contributed by atoms with E-state index in [1.165, 1.54) is 6.33 Å². The standard InChI is InChI=1S/C13H19N3O2S/c1-9(19-11-5-6-14-8-15-11)7-13(2,12(17)18)16-10-3-4-10/h5-6,8-10,16H,3-4,7H2,1-2H3,(H,17,18). The Morgan fingerprint density at radius 2 is 2.42 bits per heavy atom. The zero-order valence-corrected chi connectivity index (χ0v) is 12.0. The summed E-state index contributed by atoms with van der Waals surface area (Å²) in [4.78, 5) is 19.5. The highest BCUT2D eigenvalue weighted by molar-refractivity contribution is 7.99. The van der Waals surface area contributed by atoms with Crippen molar-refractivity contribution < 1.29 is 9.90 Å². The van der Waals surface area contributed by atoms with Gasteiger partial charge in [0.2, 0.25) is 0 Å². The Kier molecular flexibility index (Phi) is 4.42. The molecule has 1 aromatic rings. The molecule has 1 fully saturated rings. The molecule has 1 saturated carbocycles.